The third-order valence-electron chi connectivity index (χ3n) is 3.58. The second-order valence-electron chi connectivity index (χ2n) is 5.11. The van der Waals surface area contributed by atoms with Crippen LogP contribution in [0.4, 0.5) is 4.39 Å². The fourth-order valence-corrected chi connectivity index (χ4v) is 2.57. The Balaban J connectivity index is 1.96. The average molecular weight is 271 g/mol. The topological polar surface area (TPSA) is 6.48 Å². The lowest BCUT2D eigenvalue weighted by molar-refractivity contribution is 0.103. The Morgan fingerprint density at radius 3 is 2.44 bits per heavy atom. The standard InChI is InChI=1S/C14H20ClFN2/c1-11(2)18-8-6-17(7-9-18)10-12-13(15)4-3-5-14(12)16/h3-5,11H,6-10H2,1-2H3. The summed E-state index contributed by atoms with van der Waals surface area (Å²) in [5.74, 6) is -0.200. The van der Waals surface area contributed by atoms with Crippen molar-refractivity contribution in [3.05, 3.63) is 34.6 Å². The largest absolute Gasteiger partial charge is 0.298 e. The van der Waals surface area contributed by atoms with Crippen molar-refractivity contribution >= 4 is 11.6 Å². The summed E-state index contributed by atoms with van der Waals surface area (Å²) in [5.41, 5.74) is 0.622. The molecule has 0 spiro atoms. The van der Waals surface area contributed by atoms with Crippen LogP contribution in [0.25, 0.3) is 0 Å². The molecule has 0 bridgehead atoms. The van der Waals surface area contributed by atoms with Gasteiger partial charge in [0.2, 0.25) is 0 Å². The van der Waals surface area contributed by atoms with E-state index in [-0.39, 0.29) is 5.82 Å². The van der Waals surface area contributed by atoms with Crippen molar-refractivity contribution in [2.24, 2.45) is 0 Å². The Bertz CT molecular complexity index is 381. The lowest BCUT2D eigenvalue weighted by atomic mass is 10.1. The van der Waals surface area contributed by atoms with Gasteiger partial charge in [-0.1, -0.05) is 17.7 Å². The molecule has 0 aromatic heterocycles. The highest BCUT2D eigenvalue weighted by Gasteiger charge is 2.20. The Kier molecular flexibility index (Phi) is 4.60. The summed E-state index contributed by atoms with van der Waals surface area (Å²) >= 11 is 6.05. The second kappa shape index (κ2) is 6.00. The van der Waals surface area contributed by atoms with E-state index in [4.69, 9.17) is 11.6 Å². The van der Waals surface area contributed by atoms with Crippen LogP contribution in [0, 0.1) is 5.82 Å². The first-order valence-electron chi connectivity index (χ1n) is 6.47. The first-order valence-corrected chi connectivity index (χ1v) is 6.85. The van der Waals surface area contributed by atoms with Crippen LogP contribution in [0.2, 0.25) is 5.02 Å². The molecule has 1 aliphatic heterocycles. The Labute approximate surface area is 113 Å². The third-order valence-corrected chi connectivity index (χ3v) is 3.93. The van der Waals surface area contributed by atoms with Crippen molar-refractivity contribution in [1.82, 2.24) is 9.80 Å². The van der Waals surface area contributed by atoms with Crippen molar-refractivity contribution < 1.29 is 4.39 Å². The molecule has 0 aliphatic carbocycles. The fourth-order valence-electron chi connectivity index (χ4n) is 2.34. The molecule has 0 saturated carbocycles. The average Bonchev–Trinajstić information content (AvgIpc) is 2.34. The molecule has 1 saturated heterocycles. The minimum absolute atomic E-state index is 0.200. The number of rotatable bonds is 3. The van der Waals surface area contributed by atoms with Gasteiger partial charge in [-0.25, -0.2) is 4.39 Å². The highest BCUT2D eigenvalue weighted by Crippen LogP contribution is 2.21. The van der Waals surface area contributed by atoms with Crippen LogP contribution in [0.5, 0.6) is 0 Å². The first-order chi connectivity index (χ1) is 8.58. The molecule has 0 N–H and O–H groups in total. The lowest BCUT2D eigenvalue weighted by Crippen LogP contribution is -2.48. The molecular weight excluding hydrogens is 251 g/mol. The maximum Gasteiger partial charge on any atom is 0.129 e. The summed E-state index contributed by atoms with van der Waals surface area (Å²) in [5, 5.41) is 0.529. The zero-order chi connectivity index (χ0) is 13.1. The predicted molar refractivity (Wildman–Crippen MR) is 73.4 cm³/mol. The van der Waals surface area contributed by atoms with E-state index in [2.05, 4.69) is 23.6 Å². The van der Waals surface area contributed by atoms with Crippen molar-refractivity contribution in [2.45, 2.75) is 26.4 Å². The number of halogens is 2. The number of nitrogens with zero attached hydrogens (tertiary/aromatic N) is 2. The van der Waals surface area contributed by atoms with Crippen LogP contribution in [-0.2, 0) is 6.54 Å². The molecule has 0 amide bonds. The predicted octanol–water partition coefficient (Wildman–Crippen LogP) is 3.01. The molecule has 1 heterocycles. The van der Waals surface area contributed by atoms with Crippen molar-refractivity contribution in [3.63, 3.8) is 0 Å². The number of piperazine rings is 1. The first kappa shape index (κ1) is 13.8. The molecule has 2 nitrogen and oxygen atoms in total. The molecule has 1 aromatic carbocycles. The van der Waals surface area contributed by atoms with Gasteiger partial charge in [-0.2, -0.15) is 0 Å². The molecule has 0 unspecified atom stereocenters. The molecule has 100 valence electrons. The van der Waals surface area contributed by atoms with Crippen molar-refractivity contribution in [2.75, 3.05) is 26.2 Å². The highest BCUT2D eigenvalue weighted by atomic mass is 35.5. The summed E-state index contributed by atoms with van der Waals surface area (Å²) < 4.78 is 13.7. The Morgan fingerprint density at radius 1 is 1.22 bits per heavy atom. The monoisotopic (exact) mass is 270 g/mol. The van der Waals surface area contributed by atoms with Gasteiger partial charge in [0, 0.05) is 49.4 Å². The number of hydrogen-bond donors (Lipinski definition) is 0. The van der Waals surface area contributed by atoms with E-state index < -0.39 is 0 Å². The van der Waals surface area contributed by atoms with Gasteiger partial charge in [0.1, 0.15) is 5.82 Å². The fraction of sp³-hybridized carbons (Fsp3) is 0.571. The SMILES string of the molecule is CC(C)N1CCN(Cc2c(F)cccc2Cl)CC1. The zero-order valence-corrected chi connectivity index (χ0v) is 11.8. The van der Waals surface area contributed by atoms with Crippen LogP contribution in [-0.4, -0.2) is 42.0 Å². The van der Waals surface area contributed by atoms with Crippen LogP contribution in [0.15, 0.2) is 18.2 Å². The van der Waals surface area contributed by atoms with Crippen LogP contribution in [0.3, 0.4) is 0 Å². The normalized spacial score (nSPS) is 18.5. The zero-order valence-electron chi connectivity index (χ0n) is 11.0. The number of hydrogen-bond acceptors (Lipinski definition) is 2. The minimum atomic E-state index is -0.200. The van der Waals surface area contributed by atoms with Gasteiger partial charge in [-0.3, -0.25) is 9.80 Å². The van der Waals surface area contributed by atoms with Crippen LogP contribution < -0.4 is 0 Å². The van der Waals surface area contributed by atoms with E-state index >= 15 is 0 Å². The van der Waals surface area contributed by atoms with E-state index in [0.717, 1.165) is 26.2 Å². The third kappa shape index (κ3) is 3.22. The maximum atomic E-state index is 13.7. The summed E-state index contributed by atoms with van der Waals surface area (Å²) in [6.07, 6.45) is 0. The van der Waals surface area contributed by atoms with Crippen LogP contribution >= 0.6 is 11.6 Å². The maximum absolute atomic E-state index is 13.7. The summed E-state index contributed by atoms with van der Waals surface area (Å²) in [7, 11) is 0. The molecule has 1 fully saturated rings. The molecular formula is C14H20ClFN2. The molecule has 0 radical (unpaired) electrons. The van der Waals surface area contributed by atoms with Crippen molar-refractivity contribution in [3.8, 4) is 0 Å². The van der Waals surface area contributed by atoms with Gasteiger partial charge >= 0.3 is 0 Å². The van der Waals surface area contributed by atoms with E-state index in [1.165, 1.54) is 6.07 Å². The van der Waals surface area contributed by atoms with E-state index in [9.17, 15) is 4.39 Å². The van der Waals surface area contributed by atoms with Gasteiger partial charge in [0.15, 0.2) is 0 Å². The summed E-state index contributed by atoms with van der Waals surface area (Å²) in [6, 6.07) is 5.47. The van der Waals surface area contributed by atoms with Gasteiger partial charge in [0.05, 0.1) is 0 Å². The Hall–Kier alpha value is -0.640. The molecule has 4 heteroatoms. The second-order valence-corrected chi connectivity index (χ2v) is 5.51. The smallest absolute Gasteiger partial charge is 0.129 e. The molecule has 1 aromatic rings. The minimum Gasteiger partial charge on any atom is -0.298 e. The van der Waals surface area contributed by atoms with Gasteiger partial charge in [0.25, 0.3) is 0 Å². The highest BCUT2D eigenvalue weighted by molar-refractivity contribution is 6.31. The number of benzene rings is 1. The van der Waals surface area contributed by atoms with E-state index in [1.807, 2.05) is 0 Å². The molecule has 0 atom stereocenters. The van der Waals surface area contributed by atoms with Gasteiger partial charge in [-0.15, -0.1) is 0 Å². The van der Waals surface area contributed by atoms with E-state index in [0.29, 0.717) is 23.2 Å². The van der Waals surface area contributed by atoms with Crippen molar-refractivity contribution in [1.29, 1.82) is 0 Å². The molecule has 2 rings (SSSR count). The van der Waals surface area contributed by atoms with Gasteiger partial charge in [-0.05, 0) is 26.0 Å². The summed E-state index contributed by atoms with van der Waals surface area (Å²) in [6.45, 7) is 9.07. The lowest BCUT2D eigenvalue weighted by Gasteiger charge is -2.37. The van der Waals surface area contributed by atoms with Crippen LogP contribution in [0.1, 0.15) is 19.4 Å². The molecule has 18 heavy (non-hydrogen) atoms. The van der Waals surface area contributed by atoms with Gasteiger partial charge < -0.3 is 0 Å². The van der Waals surface area contributed by atoms with E-state index in [1.54, 1.807) is 12.1 Å². The Morgan fingerprint density at radius 2 is 1.89 bits per heavy atom. The summed E-state index contributed by atoms with van der Waals surface area (Å²) in [4.78, 5) is 4.71. The quantitative estimate of drug-likeness (QED) is 0.833. The molecule has 1 aliphatic rings.